The van der Waals surface area contributed by atoms with Crippen LogP contribution in [0.3, 0.4) is 0 Å². The van der Waals surface area contributed by atoms with Gasteiger partial charge in [0.2, 0.25) is 0 Å². The quantitative estimate of drug-likeness (QED) is 0.814. The Labute approximate surface area is 110 Å². The minimum Gasteiger partial charge on any atom is -0.355 e. The van der Waals surface area contributed by atoms with E-state index in [4.69, 9.17) is 0 Å². The highest BCUT2D eigenvalue weighted by atomic mass is 15.3. The predicted octanol–water partition coefficient (Wildman–Crippen LogP) is 1.88. The van der Waals surface area contributed by atoms with E-state index < -0.39 is 0 Å². The summed E-state index contributed by atoms with van der Waals surface area (Å²) < 4.78 is 0. The van der Waals surface area contributed by atoms with Crippen molar-refractivity contribution < 1.29 is 0 Å². The van der Waals surface area contributed by atoms with Gasteiger partial charge in [0.1, 0.15) is 11.6 Å². The second-order valence-corrected chi connectivity index (χ2v) is 5.08. The lowest BCUT2D eigenvalue weighted by Gasteiger charge is -2.23. The number of hydrogen-bond acceptors (Lipinski definition) is 4. The lowest BCUT2D eigenvalue weighted by molar-refractivity contribution is 0.272. The average molecular weight is 248 g/mol. The predicted molar refractivity (Wildman–Crippen MR) is 75.1 cm³/mol. The van der Waals surface area contributed by atoms with E-state index in [1.54, 1.807) is 0 Å². The van der Waals surface area contributed by atoms with E-state index in [0.717, 1.165) is 43.4 Å². The van der Waals surface area contributed by atoms with Crippen LogP contribution in [0.25, 0.3) is 0 Å². The van der Waals surface area contributed by atoms with Crippen LogP contribution in [0.1, 0.15) is 31.8 Å². The molecule has 1 aliphatic rings. The van der Waals surface area contributed by atoms with Crippen LogP contribution in [-0.4, -0.2) is 47.6 Å². The zero-order valence-electron chi connectivity index (χ0n) is 12.0. The molecule has 0 aliphatic carbocycles. The van der Waals surface area contributed by atoms with Crippen LogP contribution >= 0.6 is 0 Å². The third-order valence-corrected chi connectivity index (χ3v) is 3.85. The number of nitrogens with zero attached hydrogens (tertiary/aromatic N) is 4. The summed E-state index contributed by atoms with van der Waals surface area (Å²) in [5.41, 5.74) is 1.14. The van der Waals surface area contributed by atoms with Crippen LogP contribution in [0.15, 0.2) is 6.07 Å². The highest BCUT2D eigenvalue weighted by molar-refractivity contribution is 5.41. The molecule has 0 aromatic carbocycles. The molecule has 1 aromatic heterocycles. The summed E-state index contributed by atoms with van der Waals surface area (Å²) in [5, 5.41) is 0. The van der Waals surface area contributed by atoms with Gasteiger partial charge in [0.05, 0.1) is 0 Å². The third kappa shape index (κ3) is 2.80. The molecule has 1 fully saturated rings. The number of aromatic nitrogens is 2. The van der Waals surface area contributed by atoms with E-state index in [0.29, 0.717) is 6.04 Å². The molecule has 100 valence electrons. The Hall–Kier alpha value is -1.16. The Bertz CT molecular complexity index is 405. The first-order chi connectivity index (χ1) is 8.63. The number of anilines is 1. The molecular formula is C14H24N4. The van der Waals surface area contributed by atoms with Crippen molar-refractivity contribution in [2.45, 2.75) is 39.7 Å². The topological polar surface area (TPSA) is 32.3 Å². The summed E-state index contributed by atoms with van der Waals surface area (Å²) >= 11 is 0. The average Bonchev–Trinajstić information content (AvgIpc) is 2.86. The van der Waals surface area contributed by atoms with E-state index in [9.17, 15) is 0 Å². The molecule has 1 aromatic rings. The minimum atomic E-state index is 0.662. The molecule has 0 radical (unpaired) electrons. The van der Waals surface area contributed by atoms with Crippen LogP contribution in [0.4, 0.5) is 5.82 Å². The van der Waals surface area contributed by atoms with Crippen molar-refractivity contribution in [3.63, 3.8) is 0 Å². The van der Waals surface area contributed by atoms with Crippen LogP contribution in [0.2, 0.25) is 0 Å². The molecule has 18 heavy (non-hydrogen) atoms. The zero-order valence-corrected chi connectivity index (χ0v) is 12.0. The molecule has 4 heteroatoms. The van der Waals surface area contributed by atoms with Gasteiger partial charge in [0.25, 0.3) is 0 Å². The largest absolute Gasteiger partial charge is 0.355 e. The fraction of sp³-hybridized carbons (Fsp3) is 0.714. The van der Waals surface area contributed by atoms with Gasteiger partial charge in [-0.3, -0.25) is 0 Å². The van der Waals surface area contributed by atoms with Crippen molar-refractivity contribution in [2.24, 2.45) is 0 Å². The zero-order chi connectivity index (χ0) is 13.1. The fourth-order valence-corrected chi connectivity index (χ4v) is 2.52. The Morgan fingerprint density at radius 3 is 2.83 bits per heavy atom. The maximum Gasteiger partial charge on any atom is 0.132 e. The lowest BCUT2D eigenvalue weighted by atomic mass is 10.2. The monoisotopic (exact) mass is 248 g/mol. The van der Waals surface area contributed by atoms with Crippen LogP contribution < -0.4 is 4.90 Å². The number of hydrogen-bond donors (Lipinski definition) is 0. The molecule has 1 aliphatic heterocycles. The standard InChI is InChI=1S/C14H24N4/c1-5-12-9-14(16-11(3)15-12)18-8-7-13(10-18)17(4)6-2/h9,13H,5-8,10H2,1-4H3. The molecule has 0 spiro atoms. The maximum atomic E-state index is 4.58. The van der Waals surface area contributed by atoms with Gasteiger partial charge in [0.15, 0.2) is 0 Å². The van der Waals surface area contributed by atoms with Gasteiger partial charge in [-0.05, 0) is 33.4 Å². The van der Waals surface area contributed by atoms with Gasteiger partial charge >= 0.3 is 0 Å². The molecule has 1 saturated heterocycles. The lowest BCUT2D eigenvalue weighted by Crippen LogP contribution is -2.34. The molecule has 0 saturated carbocycles. The van der Waals surface area contributed by atoms with Crippen molar-refractivity contribution in [3.05, 3.63) is 17.6 Å². The molecular weight excluding hydrogens is 224 g/mol. The molecule has 0 N–H and O–H groups in total. The Morgan fingerprint density at radius 2 is 2.17 bits per heavy atom. The van der Waals surface area contributed by atoms with Crippen LogP contribution in [-0.2, 0) is 6.42 Å². The minimum absolute atomic E-state index is 0.662. The van der Waals surface area contributed by atoms with Crippen molar-refractivity contribution in [2.75, 3.05) is 31.6 Å². The third-order valence-electron chi connectivity index (χ3n) is 3.85. The number of likely N-dealkylation sites (N-methyl/N-ethyl adjacent to an activating group) is 1. The van der Waals surface area contributed by atoms with Gasteiger partial charge in [-0.1, -0.05) is 13.8 Å². The normalized spacial score (nSPS) is 19.8. The Balaban J connectivity index is 2.11. The van der Waals surface area contributed by atoms with E-state index in [1.807, 2.05) is 6.92 Å². The first-order valence-electron chi connectivity index (χ1n) is 6.93. The van der Waals surface area contributed by atoms with E-state index in [2.05, 4.69) is 46.7 Å². The SMILES string of the molecule is CCc1cc(N2CCC(N(C)CC)C2)nc(C)n1. The summed E-state index contributed by atoms with van der Waals surface area (Å²) in [7, 11) is 2.21. The first kappa shape index (κ1) is 13.3. The van der Waals surface area contributed by atoms with Gasteiger partial charge in [-0.2, -0.15) is 0 Å². The van der Waals surface area contributed by atoms with Gasteiger partial charge in [0, 0.05) is 30.9 Å². The smallest absolute Gasteiger partial charge is 0.132 e. The van der Waals surface area contributed by atoms with E-state index in [-0.39, 0.29) is 0 Å². The Morgan fingerprint density at radius 1 is 1.39 bits per heavy atom. The summed E-state index contributed by atoms with van der Waals surface area (Å²) in [5.74, 6) is 1.99. The molecule has 2 heterocycles. The maximum absolute atomic E-state index is 4.58. The molecule has 0 bridgehead atoms. The number of aryl methyl sites for hydroxylation is 2. The van der Waals surface area contributed by atoms with Crippen molar-refractivity contribution >= 4 is 5.82 Å². The van der Waals surface area contributed by atoms with Crippen molar-refractivity contribution in [3.8, 4) is 0 Å². The highest BCUT2D eigenvalue weighted by Crippen LogP contribution is 2.21. The molecule has 2 rings (SSSR count). The van der Waals surface area contributed by atoms with Crippen molar-refractivity contribution in [1.82, 2.24) is 14.9 Å². The molecule has 4 nitrogen and oxygen atoms in total. The van der Waals surface area contributed by atoms with Gasteiger partial charge in [-0.15, -0.1) is 0 Å². The second-order valence-electron chi connectivity index (χ2n) is 5.08. The summed E-state index contributed by atoms with van der Waals surface area (Å²) in [6, 6.07) is 2.80. The summed E-state index contributed by atoms with van der Waals surface area (Å²) in [4.78, 5) is 13.8. The number of rotatable bonds is 4. The molecule has 1 atom stereocenters. The summed E-state index contributed by atoms with van der Waals surface area (Å²) in [6.45, 7) is 9.64. The van der Waals surface area contributed by atoms with Gasteiger partial charge < -0.3 is 9.80 Å². The van der Waals surface area contributed by atoms with Gasteiger partial charge in [-0.25, -0.2) is 9.97 Å². The molecule has 0 amide bonds. The first-order valence-corrected chi connectivity index (χ1v) is 6.93. The second kappa shape index (κ2) is 5.65. The molecule has 1 unspecified atom stereocenters. The fourth-order valence-electron chi connectivity index (χ4n) is 2.52. The Kier molecular flexibility index (Phi) is 4.17. The van der Waals surface area contributed by atoms with Crippen LogP contribution in [0.5, 0.6) is 0 Å². The summed E-state index contributed by atoms with van der Waals surface area (Å²) in [6.07, 6.45) is 2.21. The van der Waals surface area contributed by atoms with E-state index >= 15 is 0 Å². The van der Waals surface area contributed by atoms with Crippen molar-refractivity contribution in [1.29, 1.82) is 0 Å². The van der Waals surface area contributed by atoms with Crippen LogP contribution in [0, 0.1) is 6.92 Å². The van der Waals surface area contributed by atoms with E-state index in [1.165, 1.54) is 6.42 Å². The highest BCUT2D eigenvalue weighted by Gasteiger charge is 2.26.